The van der Waals surface area contributed by atoms with Crippen LogP contribution in [0.25, 0.3) is 10.9 Å². The van der Waals surface area contributed by atoms with Crippen molar-refractivity contribution in [3.05, 3.63) is 34.2 Å². The average molecular weight is 243 g/mol. The summed E-state index contributed by atoms with van der Waals surface area (Å²) < 4.78 is 14.2. The van der Waals surface area contributed by atoms with Crippen LogP contribution in [0.15, 0.2) is 22.8 Å². The summed E-state index contributed by atoms with van der Waals surface area (Å²) in [5.74, 6) is -0.236. The summed E-state index contributed by atoms with van der Waals surface area (Å²) in [6.45, 7) is 0.341. The zero-order chi connectivity index (χ0) is 9.42. The van der Waals surface area contributed by atoms with Crippen molar-refractivity contribution in [2.45, 2.75) is 6.54 Å². The van der Waals surface area contributed by atoms with Crippen molar-refractivity contribution in [3.8, 4) is 0 Å². The second kappa shape index (κ2) is 3.12. The molecule has 1 aromatic heterocycles. The Balaban J connectivity index is 2.87. The average Bonchev–Trinajstić information content (AvgIpc) is 2.56. The molecule has 2 rings (SSSR count). The number of rotatable bonds is 1. The molecule has 0 saturated heterocycles. The van der Waals surface area contributed by atoms with Crippen molar-refractivity contribution >= 4 is 26.8 Å². The summed E-state index contributed by atoms with van der Waals surface area (Å²) in [7, 11) is 0. The Labute approximate surface area is 83.1 Å². The third kappa shape index (κ3) is 1.26. The minimum Gasteiger partial charge on any atom is -0.360 e. The maximum atomic E-state index is 13.4. The van der Waals surface area contributed by atoms with Crippen LogP contribution in [-0.2, 0) is 6.54 Å². The standard InChI is InChI=1S/C9H8BrFN2/c10-6-1-2-7(11)8-5(3-12)4-13-9(6)8/h1-2,4,13H,3,12H2. The van der Waals surface area contributed by atoms with E-state index in [9.17, 15) is 4.39 Å². The molecule has 3 N–H and O–H groups in total. The van der Waals surface area contributed by atoms with E-state index >= 15 is 0 Å². The lowest BCUT2D eigenvalue weighted by Gasteiger charge is -1.97. The number of hydrogen-bond acceptors (Lipinski definition) is 1. The molecule has 1 aromatic carbocycles. The molecule has 0 fully saturated rings. The molecule has 0 amide bonds. The summed E-state index contributed by atoms with van der Waals surface area (Å²) in [6.07, 6.45) is 1.73. The van der Waals surface area contributed by atoms with Gasteiger partial charge in [-0.1, -0.05) is 0 Å². The number of benzene rings is 1. The smallest absolute Gasteiger partial charge is 0.132 e. The molecule has 2 aromatic rings. The molecule has 0 saturated carbocycles. The molecule has 2 nitrogen and oxygen atoms in total. The normalized spacial score (nSPS) is 11.0. The molecule has 0 aliphatic rings. The number of hydrogen-bond donors (Lipinski definition) is 2. The Kier molecular flexibility index (Phi) is 2.09. The summed E-state index contributed by atoms with van der Waals surface area (Å²) in [4.78, 5) is 2.98. The second-order valence-electron chi connectivity index (χ2n) is 2.80. The molecule has 1 heterocycles. The largest absolute Gasteiger partial charge is 0.360 e. The Morgan fingerprint density at radius 1 is 1.46 bits per heavy atom. The highest BCUT2D eigenvalue weighted by Gasteiger charge is 2.09. The molecule has 0 atom stereocenters. The van der Waals surface area contributed by atoms with Gasteiger partial charge in [-0.3, -0.25) is 0 Å². The van der Waals surface area contributed by atoms with Crippen LogP contribution in [0, 0.1) is 5.82 Å². The van der Waals surface area contributed by atoms with Crippen LogP contribution in [0.2, 0.25) is 0 Å². The highest BCUT2D eigenvalue weighted by atomic mass is 79.9. The van der Waals surface area contributed by atoms with Gasteiger partial charge in [0.2, 0.25) is 0 Å². The monoisotopic (exact) mass is 242 g/mol. The minimum atomic E-state index is -0.236. The number of nitrogens with one attached hydrogen (secondary N) is 1. The molecule has 0 unspecified atom stereocenters. The Morgan fingerprint density at radius 2 is 2.23 bits per heavy atom. The Hall–Kier alpha value is -0.870. The van der Waals surface area contributed by atoms with Gasteiger partial charge in [-0.15, -0.1) is 0 Å². The molecular formula is C9H8BrFN2. The third-order valence-corrected chi connectivity index (χ3v) is 2.70. The fraction of sp³-hybridized carbons (Fsp3) is 0.111. The third-order valence-electron chi connectivity index (χ3n) is 2.04. The van der Waals surface area contributed by atoms with Gasteiger partial charge in [0, 0.05) is 22.6 Å². The van der Waals surface area contributed by atoms with E-state index in [1.165, 1.54) is 6.07 Å². The van der Waals surface area contributed by atoms with E-state index < -0.39 is 0 Å². The first kappa shape index (κ1) is 8.72. The van der Waals surface area contributed by atoms with Crippen molar-refractivity contribution in [3.63, 3.8) is 0 Å². The number of aromatic nitrogens is 1. The predicted molar refractivity (Wildman–Crippen MR) is 53.8 cm³/mol. The maximum absolute atomic E-state index is 13.4. The van der Waals surface area contributed by atoms with E-state index in [0.717, 1.165) is 15.6 Å². The Morgan fingerprint density at radius 3 is 2.92 bits per heavy atom. The number of aromatic amines is 1. The fourth-order valence-corrected chi connectivity index (χ4v) is 1.84. The van der Waals surface area contributed by atoms with Gasteiger partial charge >= 0.3 is 0 Å². The van der Waals surface area contributed by atoms with Crippen LogP contribution in [0.1, 0.15) is 5.56 Å². The zero-order valence-electron chi connectivity index (χ0n) is 6.77. The highest BCUT2D eigenvalue weighted by Crippen LogP contribution is 2.27. The molecule has 0 aliphatic carbocycles. The van der Waals surface area contributed by atoms with Gasteiger partial charge in [-0.05, 0) is 33.6 Å². The molecule has 4 heteroatoms. The van der Waals surface area contributed by atoms with Crippen LogP contribution in [0.3, 0.4) is 0 Å². The first-order valence-corrected chi connectivity index (χ1v) is 4.67. The molecule has 0 spiro atoms. The number of H-pyrrole nitrogens is 1. The summed E-state index contributed by atoms with van der Waals surface area (Å²) in [5, 5.41) is 0.580. The van der Waals surface area contributed by atoms with Crippen LogP contribution in [0.4, 0.5) is 4.39 Å². The van der Waals surface area contributed by atoms with Gasteiger partial charge in [0.05, 0.1) is 5.52 Å². The van der Waals surface area contributed by atoms with Crippen molar-refractivity contribution in [2.75, 3.05) is 0 Å². The van der Waals surface area contributed by atoms with Gasteiger partial charge in [-0.2, -0.15) is 0 Å². The maximum Gasteiger partial charge on any atom is 0.132 e. The van der Waals surface area contributed by atoms with Gasteiger partial charge in [0.25, 0.3) is 0 Å². The first-order valence-electron chi connectivity index (χ1n) is 3.88. The molecule has 68 valence electrons. The lowest BCUT2D eigenvalue weighted by Crippen LogP contribution is -1.95. The molecule has 0 bridgehead atoms. The zero-order valence-corrected chi connectivity index (χ0v) is 8.36. The second-order valence-corrected chi connectivity index (χ2v) is 3.65. The summed E-state index contributed by atoms with van der Waals surface area (Å²) in [5.41, 5.74) is 7.04. The molecule has 0 radical (unpaired) electrons. The SMILES string of the molecule is NCc1c[nH]c2c(Br)ccc(F)c12. The summed E-state index contributed by atoms with van der Waals surface area (Å²) in [6, 6.07) is 3.11. The fourth-order valence-electron chi connectivity index (χ4n) is 1.40. The van der Waals surface area contributed by atoms with E-state index in [0.29, 0.717) is 11.9 Å². The van der Waals surface area contributed by atoms with E-state index in [1.54, 1.807) is 12.3 Å². The van der Waals surface area contributed by atoms with Crippen molar-refractivity contribution < 1.29 is 4.39 Å². The lowest BCUT2D eigenvalue weighted by atomic mass is 10.1. The van der Waals surface area contributed by atoms with Crippen molar-refractivity contribution in [2.24, 2.45) is 5.73 Å². The van der Waals surface area contributed by atoms with Gasteiger partial charge in [0.15, 0.2) is 0 Å². The van der Waals surface area contributed by atoms with Crippen molar-refractivity contribution in [1.29, 1.82) is 0 Å². The Bertz CT molecular complexity index is 450. The summed E-state index contributed by atoms with van der Waals surface area (Å²) >= 11 is 3.33. The quantitative estimate of drug-likeness (QED) is 0.793. The highest BCUT2D eigenvalue weighted by molar-refractivity contribution is 9.10. The number of nitrogens with two attached hydrogens (primary N) is 1. The van der Waals surface area contributed by atoms with E-state index in [1.807, 2.05) is 0 Å². The number of halogens is 2. The van der Waals surface area contributed by atoms with E-state index in [4.69, 9.17) is 5.73 Å². The van der Waals surface area contributed by atoms with Crippen molar-refractivity contribution in [1.82, 2.24) is 4.98 Å². The number of fused-ring (bicyclic) bond motifs is 1. The first-order chi connectivity index (χ1) is 6.24. The van der Waals surface area contributed by atoms with Crippen LogP contribution < -0.4 is 5.73 Å². The van der Waals surface area contributed by atoms with Crippen LogP contribution >= 0.6 is 15.9 Å². The van der Waals surface area contributed by atoms with Gasteiger partial charge in [0.1, 0.15) is 5.82 Å². The predicted octanol–water partition coefficient (Wildman–Crippen LogP) is 2.53. The molecule has 0 aliphatic heterocycles. The van der Waals surface area contributed by atoms with E-state index in [2.05, 4.69) is 20.9 Å². The minimum absolute atomic E-state index is 0.236. The van der Waals surface area contributed by atoms with Gasteiger partial charge < -0.3 is 10.7 Å². The topological polar surface area (TPSA) is 41.8 Å². The van der Waals surface area contributed by atoms with Crippen LogP contribution in [-0.4, -0.2) is 4.98 Å². The van der Waals surface area contributed by atoms with Crippen LogP contribution in [0.5, 0.6) is 0 Å². The van der Waals surface area contributed by atoms with Gasteiger partial charge in [-0.25, -0.2) is 4.39 Å². The lowest BCUT2D eigenvalue weighted by molar-refractivity contribution is 0.639. The molecular weight excluding hydrogens is 235 g/mol. The molecule has 13 heavy (non-hydrogen) atoms. The van der Waals surface area contributed by atoms with E-state index in [-0.39, 0.29) is 5.82 Å².